The van der Waals surface area contributed by atoms with Gasteiger partial charge in [-0.2, -0.15) is 0 Å². The molecule has 5 heteroatoms. The summed E-state index contributed by atoms with van der Waals surface area (Å²) in [5.74, 6) is 1.35. The first-order valence-electron chi connectivity index (χ1n) is 11.2. The van der Waals surface area contributed by atoms with Crippen LogP contribution in [0.25, 0.3) is 5.57 Å². The van der Waals surface area contributed by atoms with Crippen LogP contribution in [0.4, 0.5) is 0 Å². The first-order valence-corrected chi connectivity index (χ1v) is 11.2. The Labute approximate surface area is 184 Å². The summed E-state index contributed by atoms with van der Waals surface area (Å²) in [6, 6.07) is 7.59. The monoisotopic (exact) mass is 420 g/mol. The standard InChI is InChI=1S/C26H32N2O3/c1-26(31-2)13-3-4-21(14-26)23-16-27-17-24(23)25(30)28-15-18-5-7-19(8-6-18)20-9-11-22(29)12-10-20/h3-4,9-13,16-19,27,29H,5-8,14-15H2,1-2H3,(H,28,30). The summed E-state index contributed by atoms with van der Waals surface area (Å²) in [6.45, 7) is 2.76. The number of ether oxygens (including phenoxy) is 1. The molecule has 0 spiro atoms. The Hall–Kier alpha value is -2.79. The van der Waals surface area contributed by atoms with Crippen molar-refractivity contribution in [3.05, 3.63) is 71.6 Å². The fourth-order valence-electron chi connectivity index (χ4n) is 4.79. The lowest BCUT2D eigenvalue weighted by Crippen LogP contribution is -2.31. The number of phenolic OH excluding ortho intramolecular Hbond substituents is 1. The van der Waals surface area contributed by atoms with E-state index in [1.165, 1.54) is 5.56 Å². The third-order valence-electron chi connectivity index (χ3n) is 6.85. The maximum Gasteiger partial charge on any atom is 0.253 e. The minimum Gasteiger partial charge on any atom is -0.508 e. The number of nitrogens with one attached hydrogen (secondary N) is 2. The number of aromatic amines is 1. The van der Waals surface area contributed by atoms with Crippen molar-refractivity contribution in [2.75, 3.05) is 13.7 Å². The number of H-pyrrole nitrogens is 1. The number of hydrogen-bond donors (Lipinski definition) is 3. The molecular weight excluding hydrogens is 388 g/mol. The topological polar surface area (TPSA) is 74.4 Å². The van der Waals surface area contributed by atoms with Crippen LogP contribution in [0.2, 0.25) is 0 Å². The lowest BCUT2D eigenvalue weighted by molar-refractivity contribution is 0.0526. The fraction of sp³-hybridized carbons (Fsp3) is 0.423. The third-order valence-corrected chi connectivity index (χ3v) is 6.85. The zero-order valence-corrected chi connectivity index (χ0v) is 18.4. The highest BCUT2D eigenvalue weighted by molar-refractivity contribution is 5.99. The number of hydrogen-bond acceptors (Lipinski definition) is 3. The number of allylic oxidation sites excluding steroid dienone is 2. The van der Waals surface area contributed by atoms with Crippen LogP contribution in [0.1, 0.15) is 66.4 Å². The van der Waals surface area contributed by atoms with E-state index in [0.717, 1.165) is 43.2 Å². The van der Waals surface area contributed by atoms with Gasteiger partial charge in [0.1, 0.15) is 5.75 Å². The maximum absolute atomic E-state index is 12.9. The van der Waals surface area contributed by atoms with Crippen LogP contribution in [0, 0.1) is 5.92 Å². The van der Waals surface area contributed by atoms with Crippen LogP contribution in [-0.4, -0.2) is 35.3 Å². The zero-order valence-electron chi connectivity index (χ0n) is 18.4. The molecule has 1 fully saturated rings. The molecule has 0 saturated heterocycles. The average Bonchev–Trinajstić information content (AvgIpc) is 3.29. The molecule has 0 radical (unpaired) electrons. The molecule has 31 heavy (non-hydrogen) atoms. The van der Waals surface area contributed by atoms with Gasteiger partial charge in [-0.25, -0.2) is 0 Å². The summed E-state index contributed by atoms with van der Waals surface area (Å²) in [6.07, 6.45) is 15.0. The molecule has 2 aliphatic carbocycles. The predicted molar refractivity (Wildman–Crippen MR) is 123 cm³/mol. The maximum atomic E-state index is 12.9. The van der Waals surface area contributed by atoms with E-state index in [1.54, 1.807) is 25.4 Å². The molecule has 2 aromatic rings. The number of carbonyl (C=O) groups is 1. The van der Waals surface area contributed by atoms with Gasteiger partial charge in [0, 0.05) is 38.0 Å². The Morgan fingerprint density at radius 1 is 1.19 bits per heavy atom. The first-order chi connectivity index (χ1) is 15.0. The van der Waals surface area contributed by atoms with E-state index in [4.69, 9.17) is 4.74 Å². The minimum absolute atomic E-state index is 0.0218. The normalized spacial score (nSPS) is 25.8. The molecule has 0 bridgehead atoms. The van der Waals surface area contributed by atoms with Crippen LogP contribution in [-0.2, 0) is 4.74 Å². The number of aromatic nitrogens is 1. The smallest absolute Gasteiger partial charge is 0.253 e. The van der Waals surface area contributed by atoms with E-state index in [2.05, 4.69) is 29.4 Å². The van der Waals surface area contributed by atoms with Crippen molar-refractivity contribution in [1.82, 2.24) is 10.3 Å². The molecule has 1 unspecified atom stereocenters. The van der Waals surface area contributed by atoms with Gasteiger partial charge in [0.15, 0.2) is 0 Å². The second kappa shape index (κ2) is 9.15. The van der Waals surface area contributed by atoms with E-state index in [1.807, 2.05) is 24.4 Å². The Balaban J connectivity index is 1.32. The molecule has 4 rings (SSSR count). The van der Waals surface area contributed by atoms with Gasteiger partial charge in [-0.15, -0.1) is 0 Å². The summed E-state index contributed by atoms with van der Waals surface area (Å²) < 4.78 is 5.63. The number of methoxy groups -OCH3 is 1. The van der Waals surface area contributed by atoms with Crippen molar-refractivity contribution in [3.8, 4) is 5.75 Å². The molecule has 2 aliphatic rings. The van der Waals surface area contributed by atoms with Crippen LogP contribution in [0.3, 0.4) is 0 Å². The van der Waals surface area contributed by atoms with E-state index < -0.39 is 0 Å². The van der Waals surface area contributed by atoms with Gasteiger partial charge < -0.3 is 20.1 Å². The lowest BCUT2D eigenvalue weighted by Gasteiger charge is -2.29. The molecule has 1 heterocycles. The summed E-state index contributed by atoms with van der Waals surface area (Å²) in [4.78, 5) is 16.0. The Kier molecular flexibility index (Phi) is 6.33. The van der Waals surface area contributed by atoms with Gasteiger partial charge in [0.25, 0.3) is 5.91 Å². The van der Waals surface area contributed by atoms with Gasteiger partial charge in [0.05, 0.1) is 11.2 Å². The van der Waals surface area contributed by atoms with E-state index in [0.29, 0.717) is 29.7 Å². The number of carbonyl (C=O) groups excluding carboxylic acids is 1. The highest BCUT2D eigenvalue weighted by atomic mass is 16.5. The van der Waals surface area contributed by atoms with Gasteiger partial charge in [-0.1, -0.05) is 30.4 Å². The highest BCUT2D eigenvalue weighted by Crippen LogP contribution is 2.36. The molecule has 1 saturated carbocycles. The van der Waals surface area contributed by atoms with E-state index in [9.17, 15) is 9.90 Å². The number of amides is 1. The Bertz CT molecular complexity index is 965. The molecular formula is C26H32N2O3. The summed E-state index contributed by atoms with van der Waals surface area (Å²) in [5.41, 5.74) is 3.70. The summed E-state index contributed by atoms with van der Waals surface area (Å²) in [7, 11) is 1.72. The minimum atomic E-state index is -0.342. The number of rotatable bonds is 6. The summed E-state index contributed by atoms with van der Waals surface area (Å²) >= 11 is 0. The number of aromatic hydroxyl groups is 1. The van der Waals surface area contributed by atoms with Crippen LogP contribution in [0.5, 0.6) is 5.75 Å². The molecule has 0 aliphatic heterocycles. The van der Waals surface area contributed by atoms with Crippen molar-refractivity contribution in [1.29, 1.82) is 0 Å². The summed E-state index contributed by atoms with van der Waals surface area (Å²) in [5, 5.41) is 12.6. The average molecular weight is 421 g/mol. The van der Waals surface area contributed by atoms with Crippen molar-refractivity contribution in [3.63, 3.8) is 0 Å². The quantitative estimate of drug-likeness (QED) is 0.603. The fourth-order valence-corrected chi connectivity index (χ4v) is 4.79. The van der Waals surface area contributed by atoms with Crippen LogP contribution < -0.4 is 5.32 Å². The van der Waals surface area contributed by atoms with Gasteiger partial charge in [-0.3, -0.25) is 4.79 Å². The largest absolute Gasteiger partial charge is 0.508 e. The van der Waals surface area contributed by atoms with Gasteiger partial charge in [0.2, 0.25) is 0 Å². The first kappa shape index (κ1) is 21.4. The number of benzene rings is 1. The van der Waals surface area contributed by atoms with Gasteiger partial charge in [-0.05, 0) is 67.7 Å². The molecule has 3 N–H and O–H groups in total. The predicted octanol–water partition coefficient (Wildman–Crippen LogP) is 5.17. The van der Waals surface area contributed by atoms with E-state index >= 15 is 0 Å². The molecule has 1 aromatic carbocycles. The van der Waals surface area contributed by atoms with Crippen molar-refractivity contribution >= 4 is 11.5 Å². The zero-order chi connectivity index (χ0) is 21.8. The van der Waals surface area contributed by atoms with E-state index in [-0.39, 0.29) is 11.5 Å². The molecule has 5 nitrogen and oxygen atoms in total. The van der Waals surface area contributed by atoms with Crippen molar-refractivity contribution < 1.29 is 14.6 Å². The SMILES string of the molecule is COC1(C)C=CC=C(c2c[nH]cc2C(=O)NCC2CCC(c3ccc(O)cc3)CC2)C1. The molecule has 1 amide bonds. The Morgan fingerprint density at radius 2 is 1.94 bits per heavy atom. The molecule has 1 atom stereocenters. The molecule has 164 valence electrons. The Morgan fingerprint density at radius 3 is 2.65 bits per heavy atom. The van der Waals surface area contributed by atoms with Crippen molar-refractivity contribution in [2.24, 2.45) is 5.92 Å². The second-order valence-corrected chi connectivity index (χ2v) is 9.05. The third kappa shape index (κ3) is 4.93. The van der Waals surface area contributed by atoms with Gasteiger partial charge >= 0.3 is 0 Å². The highest BCUT2D eigenvalue weighted by Gasteiger charge is 2.27. The second-order valence-electron chi connectivity index (χ2n) is 9.05. The van der Waals surface area contributed by atoms with Crippen LogP contribution in [0.15, 0.2) is 54.9 Å². The van der Waals surface area contributed by atoms with Crippen LogP contribution >= 0.6 is 0 Å². The van der Waals surface area contributed by atoms with Crippen molar-refractivity contribution in [2.45, 2.75) is 50.5 Å². The number of phenols is 1. The lowest BCUT2D eigenvalue weighted by atomic mass is 9.78. The molecule has 1 aromatic heterocycles.